The standard InChI is InChI=1S/C12H7Br2ClO2S/c1-17-9-3-2-6(15)4-7(9)11(16)10-5-8(13)12(14)18-10/h2-5H,1H3. The highest BCUT2D eigenvalue weighted by atomic mass is 79.9. The quantitative estimate of drug-likeness (QED) is 0.653. The molecule has 0 spiro atoms. The molecule has 0 aliphatic carbocycles. The van der Waals surface area contributed by atoms with E-state index in [0.717, 1.165) is 8.26 Å². The number of methoxy groups -OCH3 is 1. The van der Waals surface area contributed by atoms with Crippen molar-refractivity contribution in [3.8, 4) is 5.75 Å². The summed E-state index contributed by atoms with van der Waals surface area (Å²) in [6.45, 7) is 0. The second-order valence-electron chi connectivity index (χ2n) is 3.41. The van der Waals surface area contributed by atoms with Crippen molar-refractivity contribution in [1.82, 2.24) is 0 Å². The van der Waals surface area contributed by atoms with Crippen LogP contribution in [-0.4, -0.2) is 12.9 Å². The van der Waals surface area contributed by atoms with E-state index < -0.39 is 0 Å². The highest BCUT2D eigenvalue weighted by Crippen LogP contribution is 2.35. The van der Waals surface area contributed by atoms with Crippen molar-refractivity contribution in [1.29, 1.82) is 0 Å². The summed E-state index contributed by atoms with van der Waals surface area (Å²) in [5, 5.41) is 0.508. The van der Waals surface area contributed by atoms with Gasteiger partial charge in [0.25, 0.3) is 0 Å². The van der Waals surface area contributed by atoms with Gasteiger partial charge in [-0.25, -0.2) is 0 Å². The third-order valence-corrected chi connectivity index (χ3v) is 5.77. The van der Waals surface area contributed by atoms with Crippen LogP contribution in [0.4, 0.5) is 0 Å². The molecule has 2 nitrogen and oxygen atoms in total. The van der Waals surface area contributed by atoms with E-state index in [1.165, 1.54) is 18.4 Å². The Bertz CT molecular complexity index is 591. The number of rotatable bonds is 3. The summed E-state index contributed by atoms with van der Waals surface area (Å²) < 4.78 is 6.92. The van der Waals surface area contributed by atoms with Crippen molar-refractivity contribution in [2.24, 2.45) is 0 Å². The van der Waals surface area contributed by atoms with Gasteiger partial charge in [0.05, 0.1) is 21.3 Å². The number of carbonyl (C=O) groups excluding carboxylic acids is 1. The molecular formula is C12H7Br2ClO2S. The van der Waals surface area contributed by atoms with Gasteiger partial charge in [-0.3, -0.25) is 4.79 Å². The number of hydrogen-bond acceptors (Lipinski definition) is 3. The molecule has 2 rings (SSSR count). The Morgan fingerprint density at radius 1 is 1.33 bits per heavy atom. The average Bonchev–Trinajstić information content (AvgIpc) is 2.68. The van der Waals surface area contributed by atoms with Crippen LogP contribution in [0.25, 0.3) is 0 Å². The number of ether oxygens (including phenoxy) is 1. The molecule has 1 heterocycles. The predicted molar refractivity (Wildman–Crippen MR) is 81.2 cm³/mol. The molecule has 1 aromatic heterocycles. The van der Waals surface area contributed by atoms with E-state index in [1.54, 1.807) is 24.3 Å². The predicted octanol–water partition coefficient (Wildman–Crippen LogP) is 5.17. The number of benzene rings is 1. The Morgan fingerprint density at radius 3 is 2.61 bits per heavy atom. The van der Waals surface area contributed by atoms with Crippen LogP contribution in [0.5, 0.6) is 5.75 Å². The first-order valence-corrected chi connectivity index (χ1v) is 7.64. The molecule has 94 valence electrons. The van der Waals surface area contributed by atoms with Gasteiger partial charge < -0.3 is 4.74 Å². The molecule has 0 unspecified atom stereocenters. The van der Waals surface area contributed by atoms with Gasteiger partial charge in [-0.1, -0.05) is 11.6 Å². The molecule has 0 radical (unpaired) electrons. The maximum Gasteiger partial charge on any atom is 0.206 e. The van der Waals surface area contributed by atoms with Crippen LogP contribution >= 0.6 is 54.8 Å². The molecule has 0 saturated heterocycles. The molecule has 0 atom stereocenters. The zero-order valence-electron chi connectivity index (χ0n) is 9.17. The summed E-state index contributed by atoms with van der Waals surface area (Å²) in [6, 6.07) is 6.77. The second kappa shape index (κ2) is 5.74. The number of ketones is 1. The van der Waals surface area contributed by atoms with Gasteiger partial charge in [-0.05, 0) is 56.1 Å². The van der Waals surface area contributed by atoms with E-state index >= 15 is 0 Å². The summed E-state index contributed by atoms with van der Waals surface area (Å²) in [7, 11) is 1.53. The van der Waals surface area contributed by atoms with Crippen LogP contribution < -0.4 is 4.74 Å². The lowest BCUT2D eigenvalue weighted by Gasteiger charge is -2.06. The number of thiophene rings is 1. The van der Waals surface area contributed by atoms with Crippen LogP contribution in [0.1, 0.15) is 15.2 Å². The minimum atomic E-state index is -0.106. The number of hydrogen-bond donors (Lipinski definition) is 0. The fourth-order valence-electron chi connectivity index (χ4n) is 1.45. The van der Waals surface area contributed by atoms with Gasteiger partial charge in [-0.2, -0.15) is 0 Å². The van der Waals surface area contributed by atoms with Gasteiger partial charge in [0.2, 0.25) is 5.78 Å². The van der Waals surface area contributed by atoms with Crippen LogP contribution in [0, 0.1) is 0 Å². The van der Waals surface area contributed by atoms with Crippen molar-refractivity contribution in [2.45, 2.75) is 0 Å². The first kappa shape index (κ1) is 14.1. The highest BCUT2D eigenvalue weighted by Gasteiger charge is 2.18. The summed E-state index contributed by atoms with van der Waals surface area (Å²) in [4.78, 5) is 13.0. The maximum atomic E-state index is 12.4. The second-order valence-corrected chi connectivity index (χ2v) is 7.07. The zero-order valence-corrected chi connectivity index (χ0v) is 13.9. The molecule has 1 aromatic carbocycles. The lowest BCUT2D eigenvalue weighted by molar-refractivity contribution is 0.103. The molecule has 0 aliphatic heterocycles. The fraction of sp³-hybridized carbons (Fsp3) is 0.0833. The maximum absolute atomic E-state index is 12.4. The Kier molecular flexibility index (Phi) is 4.48. The normalized spacial score (nSPS) is 10.4. The number of halogens is 3. The van der Waals surface area contributed by atoms with Gasteiger partial charge >= 0.3 is 0 Å². The minimum Gasteiger partial charge on any atom is -0.496 e. The lowest BCUT2D eigenvalue weighted by Crippen LogP contribution is -2.01. The Labute approximate surface area is 130 Å². The van der Waals surface area contributed by atoms with Gasteiger partial charge in [0.15, 0.2) is 0 Å². The van der Waals surface area contributed by atoms with E-state index in [4.69, 9.17) is 16.3 Å². The Morgan fingerprint density at radius 2 is 2.06 bits per heavy atom. The van der Waals surface area contributed by atoms with Crippen molar-refractivity contribution >= 4 is 60.6 Å². The van der Waals surface area contributed by atoms with Crippen LogP contribution in [-0.2, 0) is 0 Å². The first-order chi connectivity index (χ1) is 8.52. The fourth-order valence-corrected chi connectivity index (χ4v) is 3.61. The third-order valence-electron chi connectivity index (χ3n) is 2.28. The summed E-state index contributed by atoms with van der Waals surface area (Å²) in [5.41, 5.74) is 0.464. The topological polar surface area (TPSA) is 26.3 Å². The van der Waals surface area contributed by atoms with Gasteiger partial charge in [0, 0.05) is 9.50 Å². The van der Waals surface area contributed by atoms with E-state index in [1.807, 2.05) is 0 Å². The van der Waals surface area contributed by atoms with Crippen LogP contribution in [0.3, 0.4) is 0 Å². The lowest BCUT2D eigenvalue weighted by atomic mass is 10.1. The van der Waals surface area contributed by atoms with Crippen LogP contribution in [0.2, 0.25) is 5.02 Å². The molecule has 0 aliphatic rings. The van der Waals surface area contributed by atoms with Crippen molar-refractivity contribution < 1.29 is 9.53 Å². The van der Waals surface area contributed by atoms with Gasteiger partial charge in [-0.15, -0.1) is 11.3 Å². The molecule has 0 N–H and O–H groups in total. The molecule has 18 heavy (non-hydrogen) atoms. The Hall–Kier alpha value is -0.360. The molecule has 0 fully saturated rings. The smallest absolute Gasteiger partial charge is 0.206 e. The molecule has 0 amide bonds. The molecule has 0 saturated carbocycles. The SMILES string of the molecule is COc1ccc(Cl)cc1C(=O)c1cc(Br)c(Br)s1. The van der Waals surface area contributed by atoms with Crippen molar-refractivity contribution in [3.63, 3.8) is 0 Å². The Balaban J connectivity index is 2.48. The highest BCUT2D eigenvalue weighted by molar-refractivity contribution is 9.13. The molecular weight excluding hydrogens is 403 g/mol. The van der Waals surface area contributed by atoms with Crippen molar-refractivity contribution in [3.05, 3.63) is 48.0 Å². The van der Waals surface area contributed by atoms with Crippen LogP contribution in [0.15, 0.2) is 32.5 Å². The van der Waals surface area contributed by atoms with E-state index in [2.05, 4.69) is 31.9 Å². The van der Waals surface area contributed by atoms with E-state index in [9.17, 15) is 4.79 Å². The summed E-state index contributed by atoms with van der Waals surface area (Å²) in [5.74, 6) is 0.413. The van der Waals surface area contributed by atoms with Crippen molar-refractivity contribution in [2.75, 3.05) is 7.11 Å². The third kappa shape index (κ3) is 2.79. The minimum absolute atomic E-state index is 0.106. The average molecular weight is 411 g/mol. The largest absolute Gasteiger partial charge is 0.496 e. The monoisotopic (exact) mass is 408 g/mol. The molecule has 2 aromatic rings. The number of carbonyl (C=O) groups is 1. The molecule has 6 heteroatoms. The molecule has 0 bridgehead atoms. The zero-order chi connectivity index (χ0) is 13.3. The first-order valence-electron chi connectivity index (χ1n) is 4.86. The summed E-state index contributed by atoms with van der Waals surface area (Å²) >= 11 is 14.0. The summed E-state index contributed by atoms with van der Waals surface area (Å²) in [6.07, 6.45) is 0. The van der Waals surface area contributed by atoms with Gasteiger partial charge in [0.1, 0.15) is 5.75 Å². The van der Waals surface area contributed by atoms with E-state index in [-0.39, 0.29) is 5.78 Å². The van der Waals surface area contributed by atoms with E-state index in [0.29, 0.717) is 21.2 Å².